The van der Waals surface area contributed by atoms with Crippen LogP contribution < -0.4 is 9.47 Å². The average Bonchev–Trinajstić information content (AvgIpc) is 2.89. The number of alkyl halides is 2. The number of carboxylic acids is 1. The Morgan fingerprint density at radius 1 is 1.35 bits per heavy atom. The van der Waals surface area contributed by atoms with E-state index in [1.54, 1.807) is 0 Å². The largest absolute Gasteiger partial charge is 0.493 e. The average molecular weight is 329 g/mol. The fraction of sp³-hybridized carbons (Fsp3) is 0.467. The third-order valence-corrected chi connectivity index (χ3v) is 3.97. The smallest absolute Gasteiger partial charge is 0.387 e. The number of benzene rings is 1. The highest BCUT2D eigenvalue weighted by Gasteiger charge is 2.46. The number of methoxy groups -OCH3 is 1. The maximum atomic E-state index is 12.6. The molecule has 1 amide bonds. The summed E-state index contributed by atoms with van der Waals surface area (Å²) < 4.78 is 33.9. The predicted octanol–water partition coefficient (Wildman–Crippen LogP) is 2.38. The molecule has 1 aromatic carbocycles. The van der Waals surface area contributed by atoms with E-state index in [9.17, 15) is 23.5 Å². The highest BCUT2D eigenvalue weighted by atomic mass is 19.3. The van der Waals surface area contributed by atoms with E-state index in [1.807, 2.05) is 0 Å². The molecule has 0 spiro atoms. The van der Waals surface area contributed by atoms with E-state index in [1.165, 1.54) is 37.1 Å². The number of aliphatic carboxylic acids is 1. The van der Waals surface area contributed by atoms with Gasteiger partial charge in [0.05, 0.1) is 7.11 Å². The molecule has 1 saturated heterocycles. The van der Waals surface area contributed by atoms with Crippen LogP contribution in [0.4, 0.5) is 8.78 Å². The Balaban J connectivity index is 2.31. The number of carbonyl (C=O) groups is 2. The maximum absolute atomic E-state index is 12.6. The fourth-order valence-electron chi connectivity index (χ4n) is 2.66. The summed E-state index contributed by atoms with van der Waals surface area (Å²) in [5.74, 6) is -1.78. The number of ether oxygens (including phenoxy) is 2. The molecule has 1 N–H and O–H groups in total. The second kappa shape index (κ2) is 6.39. The van der Waals surface area contributed by atoms with Crippen LogP contribution in [0.3, 0.4) is 0 Å². The molecule has 0 aromatic heterocycles. The Morgan fingerprint density at radius 2 is 2.04 bits per heavy atom. The molecule has 2 rings (SSSR count). The minimum Gasteiger partial charge on any atom is -0.493 e. The monoisotopic (exact) mass is 329 g/mol. The van der Waals surface area contributed by atoms with Gasteiger partial charge in [0.15, 0.2) is 11.5 Å². The number of hydrogen-bond donors (Lipinski definition) is 1. The molecule has 1 atom stereocenters. The summed E-state index contributed by atoms with van der Waals surface area (Å²) in [6.45, 7) is -1.20. The molecule has 126 valence electrons. The van der Waals surface area contributed by atoms with Gasteiger partial charge in [-0.1, -0.05) is 0 Å². The Labute approximate surface area is 131 Å². The molecule has 1 aliphatic rings. The normalized spacial score (nSPS) is 20.7. The van der Waals surface area contributed by atoms with Gasteiger partial charge in [-0.05, 0) is 38.0 Å². The number of hydrogen-bond acceptors (Lipinski definition) is 4. The lowest BCUT2D eigenvalue weighted by Gasteiger charge is -2.31. The summed E-state index contributed by atoms with van der Waals surface area (Å²) in [5.41, 5.74) is -1.12. The fourth-order valence-corrected chi connectivity index (χ4v) is 2.66. The Hall–Kier alpha value is -2.38. The van der Waals surface area contributed by atoms with E-state index >= 15 is 0 Å². The standard InChI is InChI=1S/C15H17F2NO5/c1-15(13(20)21)6-3-7-18(15)12(19)9-4-5-10(23-14(16)17)11(8-9)22-2/h4-5,8,14H,3,6-7H2,1-2H3,(H,20,21). The van der Waals surface area contributed by atoms with Gasteiger partial charge < -0.3 is 19.5 Å². The summed E-state index contributed by atoms with van der Waals surface area (Å²) in [4.78, 5) is 25.3. The molecule has 8 heteroatoms. The zero-order valence-electron chi connectivity index (χ0n) is 12.7. The molecule has 1 fully saturated rings. The van der Waals surface area contributed by atoms with Crippen LogP contribution in [-0.4, -0.2) is 47.7 Å². The zero-order valence-corrected chi connectivity index (χ0v) is 12.7. The van der Waals surface area contributed by atoms with Crippen molar-refractivity contribution in [2.75, 3.05) is 13.7 Å². The second-order valence-electron chi connectivity index (χ2n) is 5.38. The van der Waals surface area contributed by atoms with Gasteiger partial charge in [-0.25, -0.2) is 4.79 Å². The van der Waals surface area contributed by atoms with Crippen LogP contribution in [0.1, 0.15) is 30.1 Å². The van der Waals surface area contributed by atoms with Crippen molar-refractivity contribution in [2.24, 2.45) is 0 Å². The lowest BCUT2D eigenvalue weighted by Crippen LogP contribution is -2.50. The van der Waals surface area contributed by atoms with Crippen molar-refractivity contribution in [1.82, 2.24) is 4.90 Å². The second-order valence-corrected chi connectivity index (χ2v) is 5.38. The molecule has 1 unspecified atom stereocenters. The predicted molar refractivity (Wildman–Crippen MR) is 75.9 cm³/mol. The van der Waals surface area contributed by atoms with Crippen molar-refractivity contribution in [2.45, 2.75) is 31.9 Å². The molecule has 0 saturated carbocycles. The van der Waals surface area contributed by atoms with Crippen molar-refractivity contribution in [3.05, 3.63) is 23.8 Å². The van der Waals surface area contributed by atoms with Gasteiger partial charge in [0, 0.05) is 12.1 Å². The number of rotatable bonds is 5. The molecular weight excluding hydrogens is 312 g/mol. The third kappa shape index (κ3) is 3.20. The summed E-state index contributed by atoms with van der Waals surface area (Å²) in [5, 5.41) is 9.36. The number of carboxylic acid groups (broad SMARTS) is 1. The first-order valence-corrected chi connectivity index (χ1v) is 6.98. The van der Waals surface area contributed by atoms with E-state index in [0.29, 0.717) is 19.4 Å². The van der Waals surface area contributed by atoms with Crippen molar-refractivity contribution < 1.29 is 33.0 Å². The Bertz CT molecular complexity index is 622. The van der Waals surface area contributed by atoms with Gasteiger partial charge in [-0.2, -0.15) is 8.78 Å². The Morgan fingerprint density at radius 3 is 2.61 bits per heavy atom. The van der Waals surface area contributed by atoms with E-state index in [-0.39, 0.29) is 17.1 Å². The molecule has 6 nitrogen and oxygen atoms in total. The molecular formula is C15H17F2NO5. The molecule has 1 aromatic rings. The topological polar surface area (TPSA) is 76.1 Å². The van der Waals surface area contributed by atoms with E-state index in [4.69, 9.17) is 4.74 Å². The van der Waals surface area contributed by atoms with Crippen molar-refractivity contribution >= 4 is 11.9 Å². The van der Waals surface area contributed by atoms with Gasteiger partial charge >= 0.3 is 12.6 Å². The molecule has 0 bridgehead atoms. The summed E-state index contributed by atoms with van der Waals surface area (Å²) in [6.07, 6.45) is 0.941. The van der Waals surface area contributed by atoms with Gasteiger partial charge in [0.2, 0.25) is 0 Å². The van der Waals surface area contributed by atoms with Crippen LogP contribution in [0.25, 0.3) is 0 Å². The lowest BCUT2D eigenvalue weighted by atomic mass is 9.98. The summed E-state index contributed by atoms with van der Waals surface area (Å²) in [6, 6.07) is 3.77. The molecule has 1 aliphatic heterocycles. The van der Waals surface area contributed by atoms with Gasteiger partial charge in [0.1, 0.15) is 5.54 Å². The first kappa shape index (κ1) is 17.0. The van der Waals surface area contributed by atoms with Gasteiger partial charge in [-0.3, -0.25) is 4.79 Å². The number of carbonyl (C=O) groups excluding carboxylic acids is 1. The van der Waals surface area contributed by atoms with E-state index in [0.717, 1.165) is 0 Å². The Kier molecular flexibility index (Phi) is 4.72. The molecule has 1 heterocycles. The van der Waals surface area contributed by atoms with Crippen LogP contribution in [0.2, 0.25) is 0 Å². The van der Waals surface area contributed by atoms with Crippen LogP contribution >= 0.6 is 0 Å². The van der Waals surface area contributed by atoms with Crippen molar-refractivity contribution in [3.8, 4) is 11.5 Å². The minimum atomic E-state index is -3.01. The lowest BCUT2D eigenvalue weighted by molar-refractivity contribution is -0.147. The third-order valence-electron chi connectivity index (χ3n) is 3.97. The first-order valence-electron chi connectivity index (χ1n) is 6.98. The van der Waals surface area contributed by atoms with Crippen LogP contribution in [0.5, 0.6) is 11.5 Å². The van der Waals surface area contributed by atoms with Crippen LogP contribution in [0.15, 0.2) is 18.2 Å². The highest BCUT2D eigenvalue weighted by molar-refractivity contribution is 5.98. The zero-order chi connectivity index (χ0) is 17.2. The van der Waals surface area contributed by atoms with Crippen LogP contribution in [-0.2, 0) is 4.79 Å². The SMILES string of the molecule is COc1cc(C(=O)N2CCCC2(C)C(=O)O)ccc1OC(F)F. The minimum absolute atomic E-state index is 0.0209. The number of halogens is 2. The molecule has 0 aliphatic carbocycles. The maximum Gasteiger partial charge on any atom is 0.387 e. The van der Waals surface area contributed by atoms with Crippen LogP contribution in [0, 0.1) is 0 Å². The highest BCUT2D eigenvalue weighted by Crippen LogP contribution is 2.34. The number of likely N-dealkylation sites (tertiary alicyclic amines) is 1. The quantitative estimate of drug-likeness (QED) is 0.897. The van der Waals surface area contributed by atoms with E-state index < -0.39 is 24.0 Å². The molecule has 23 heavy (non-hydrogen) atoms. The first-order chi connectivity index (χ1) is 10.8. The number of amides is 1. The van der Waals surface area contributed by atoms with E-state index in [2.05, 4.69) is 4.74 Å². The van der Waals surface area contributed by atoms with Crippen molar-refractivity contribution in [1.29, 1.82) is 0 Å². The van der Waals surface area contributed by atoms with Gasteiger partial charge in [-0.15, -0.1) is 0 Å². The number of nitrogens with zero attached hydrogens (tertiary/aromatic N) is 1. The summed E-state index contributed by atoms with van der Waals surface area (Å²) >= 11 is 0. The summed E-state index contributed by atoms with van der Waals surface area (Å²) in [7, 11) is 1.26. The van der Waals surface area contributed by atoms with Gasteiger partial charge in [0.25, 0.3) is 5.91 Å². The van der Waals surface area contributed by atoms with Crippen molar-refractivity contribution in [3.63, 3.8) is 0 Å². The molecule has 0 radical (unpaired) electrons.